The summed E-state index contributed by atoms with van der Waals surface area (Å²) in [4.78, 5) is 9.18. The average molecular weight is 379 g/mol. The van der Waals surface area contributed by atoms with Crippen LogP contribution in [0.15, 0.2) is 46.7 Å². The number of rotatable bonds is 4. The third kappa shape index (κ3) is 4.82. The van der Waals surface area contributed by atoms with Crippen molar-refractivity contribution in [3.05, 3.63) is 52.9 Å². The first-order valence-corrected chi connectivity index (χ1v) is 9.62. The molecule has 1 saturated carbocycles. The molecule has 2 aromatic rings. The lowest BCUT2D eigenvalue weighted by Gasteiger charge is -2.04. The lowest BCUT2D eigenvalue weighted by Crippen LogP contribution is -2.27. The SMILES string of the molecule is C#Cc1ccc(S(=O)(=O)N[C@H]2[C@H](C)[C@@H]2c2ccccc2)s1.O=C(O)O. The molecule has 0 bridgehead atoms. The van der Waals surface area contributed by atoms with Gasteiger partial charge in [-0.3, -0.25) is 0 Å². The van der Waals surface area contributed by atoms with Gasteiger partial charge in [-0.1, -0.05) is 43.2 Å². The van der Waals surface area contributed by atoms with Crippen LogP contribution in [0.1, 0.15) is 23.3 Å². The van der Waals surface area contributed by atoms with E-state index in [-0.39, 0.29) is 16.2 Å². The van der Waals surface area contributed by atoms with E-state index >= 15 is 0 Å². The van der Waals surface area contributed by atoms with E-state index in [9.17, 15) is 8.42 Å². The van der Waals surface area contributed by atoms with Crippen LogP contribution in [0, 0.1) is 18.3 Å². The highest BCUT2D eigenvalue weighted by Gasteiger charge is 2.49. The minimum atomic E-state index is -3.49. The smallest absolute Gasteiger partial charge is 0.450 e. The number of nitrogens with one attached hydrogen (secondary N) is 1. The van der Waals surface area contributed by atoms with E-state index in [1.807, 2.05) is 30.3 Å². The van der Waals surface area contributed by atoms with Gasteiger partial charge in [0.15, 0.2) is 0 Å². The number of benzene rings is 1. The summed E-state index contributed by atoms with van der Waals surface area (Å²) in [5.74, 6) is 3.00. The molecule has 0 amide bonds. The number of thiophene rings is 1. The van der Waals surface area contributed by atoms with E-state index in [4.69, 9.17) is 21.4 Å². The van der Waals surface area contributed by atoms with Crippen LogP contribution in [0.2, 0.25) is 0 Å². The summed E-state index contributed by atoms with van der Waals surface area (Å²) in [6.45, 7) is 2.06. The van der Waals surface area contributed by atoms with Gasteiger partial charge in [0.05, 0.1) is 4.88 Å². The highest BCUT2D eigenvalue weighted by Crippen LogP contribution is 2.48. The van der Waals surface area contributed by atoms with Gasteiger partial charge in [-0.15, -0.1) is 17.8 Å². The molecule has 1 heterocycles. The maximum absolute atomic E-state index is 12.4. The van der Waals surface area contributed by atoms with Crippen molar-refractivity contribution in [3.63, 3.8) is 0 Å². The zero-order valence-electron chi connectivity index (χ0n) is 13.3. The van der Waals surface area contributed by atoms with Gasteiger partial charge in [-0.05, 0) is 23.6 Å². The van der Waals surface area contributed by atoms with E-state index in [2.05, 4.69) is 17.6 Å². The summed E-state index contributed by atoms with van der Waals surface area (Å²) in [5.41, 5.74) is 1.17. The van der Waals surface area contributed by atoms with Crippen molar-refractivity contribution in [2.75, 3.05) is 0 Å². The Kier molecular flexibility index (Phi) is 5.85. The molecule has 25 heavy (non-hydrogen) atoms. The molecule has 1 fully saturated rings. The van der Waals surface area contributed by atoms with Crippen LogP contribution >= 0.6 is 11.3 Å². The molecule has 1 aromatic heterocycles. The number of hydrogen-bond acceptors (Lipinski definition) is 4. The van der Waals surface area contributed by atoms with Gasteiger partial charge in [-0.2, -0.15) is 0 Å². The lowest BCUT2D eigenvalue weighted by atomic mass is 10.1. The highest BCUT2D eigenvalue weighted by molar-refractivity contribution is 7.91. The van der Waals surface area contributed by atoms with Crippen LogP contribution in [0.4, 0.5) is 4.79 Å². The van der Waals surface area contributed by atoms with Crippen LogP contribution < -0.4 is 4.72 Å². The Bertz CT molecular complexity index is 879. The maximum Gasteiger partial charge on any atom is 0.503 e. The fraction of sp³-hybridized carbons (Fsp3) is 0.235. The van der Waals surface area contributed by atoms with Crippen LogP contribution in [-0.2, 0) is 10.0 Å². The predicted octanol–water partition coefficient (Wildman–Crippen LogP) is 3.03. The molecule has 1 aromatic carbocycles. The third-order valence-corrected chi connectivity index (χ3v) is 6.81. The molecule has 3 atom stereocenters. The summed E-state index contributed by atoms with van der Waals surface area (Å²) in [5, 5.41) is 13.9. The molecule has 8 heteroatoms. The maximum atomic E-state index is 12.4. The quantitative estimate of drug-likeness (QED) is 0.709. The van der Waals surface area contributed by atoms with E-state index < -0.39 is 16.2 Å². The van der Waals surface area contributed by atoms with E-state index in [0.29, 0.717) is 10.8 Å². The van der Waals surface area contributed by atoms with E-state index in [1.54, 1.807) is 12.1 Å². The highest BCUT2D eigenvalue weighted by atomic mass is 32.2. The number of terminal acetylenes is 1. The lowest BCUT2D eigenvalue weighted by molar-refractivity contribution is 0.137. The molecule has 0 spiro atoms. The molecule has 132 valence electrons. The Hall–Kier alpha value is -2.34. The summed E-state index contributed by atoms with van der Waals surface area (Å²) < 4.78 is 27.8. The first kappa shape index (κ1) is 19.0. The Morgan fingerprint density at radius 1 is 1.20 bits per heavy atom. The second kappa shape index (κ2) is 7.70. The number of carboxylic acid groups (broad SMARTS) is 2. The normalized spacial score (nSPS) is 21.5. The summed E-state index contributed by atoms with van der Waals surface area (Å²) >= 11 is 1.12. The second-order valence-corrected chi connectivity index (χ2v) is 8.51. The van der Waals surface area contributed by atoms with Crippen molar-refractivity contribution < 1.29 is 23.4 Å². The fourth-order valence-electron chi connectivity index (χ4n) is 2.61. The minimum absolute atomic E-state index is 0.0474. The van der Waals surface area contributed by atoms with Crippen molar-refractivity contribution in [1.29, 1.82) is 0 Å². The zero-order valence-corrected chi connectivity index (χ0v) is 14.9. The van der Waals surface area contributed by atoms with Gasteiger partial charge in [0.1, 0.15) is 4.21 Å². The van der Waals surface area contributed by atoms with Crippen molar-refractivity contribution in [2.45, 2.75) is 23.1 Å². The molecular weight excluding hydrogens is 362 g/mol. The topological polar surface area (TPSA) is 104 Å². The van der Waals surface area contributed by atoms with Gasteiger partial charge in [0.25, 0.3) is 0 Å². The van der Waals surface area contributed by atoms with Crippen molar-refractivity contribution in [2.24, 2.45) is 5.92 Å². The predicted molar refractivity (Wildman–Crippen MR) is 95.4 cm³/mol. The largest absolute Gasteiger partial charge is 0.503 e. The Balaban J connectivity index is 0.000000511. The van der Waals surface area contributed by atoms with E-state index in [1.165, 1.54) is 5.56 Å². The zero-order chi connectivity index (χ0) is 18.6. The molecule has 3 N–H and O–H groups in total. The summed E-state index contributed by atoms with van der Waals surface area (Å²) in [6.07, 6.45) is 3.45. The first-order valence-electron chi connectivity index (χ1n) is 7.32. The molecule has 1 aliphatic carbocycles. The van der Waals surface area contributed by atoms with Crippen molar-refractivity contribution in [3.8, 4) is 12.3 Å². The molecule has 0 aliphatic heterocycles. The molecule has 0 saturated heterocycles. The fourth-order valence-corrected chi connectivity index (χ4v) is 5.09. The Morgan fingerprint density at radius 3 is 2.32 bits per heavy atom. The Morgan fingerprint density at radius 2 is 1.80 bits per heavy atom. The van der Waals surface area contributed by atoms with Gasteiger partial charge in [0, 0.05) is 12.0 Å². The molecule has 3 rings (SSSR count). The molecule has 6 nitrogen and oxygen atoms in total. The molecular formula is C17H17NO5S2. The number of sulfonamides is 1. The first-order chi connectivity index (χ1) is 11.8. The minimum Gasteiger partial charge on any atom is -0.450 e. The summed E-state index contributed by atoms with van der Waals surface area (Å²) in [6, 6.07) is 13.2. The summed E-state index contributed by atoms with van der Waals surface area (Å²) in [7, 11) is -3.49. The van der Waals surface area contributed by atoms with Gasteiger partial charge < -0.3 is 10.2 Å². The standard InChI is InChI=1S/C16H15NO2S2.CH2O3/c1-3-13-9-10-14(20-13)21(18,19)17-16-11(2)15(16)12-7-5-4-6-8-12;2-1(3)4/h1,4-11,15-17H,2H3;(H2,2,3,4)/t11-,15-,16+;/m1./s1. The monoisotopic (exact) mass is 379 g/mol. The van der Waals surface area contributed by atoms with Gasteiger partial charge in [-0.25, -0.2) is 17.9 Å². The average Bonchev–Trinajstić information content (AvgIpc) is 2.99. The van der Waals surface area contributed by atoms with Crippen molar-refractivity contribution >= 4 is 27.5 Å². The molecule has 1 aliphatic rings. The van der Waals surface area contributed by atoms with Crippen LogP contribution in [0.3, 0.4) is 0 Å². The van der Waals surface area contributed by atoms with Crippen molar-refractivity contribution in [1.82, 2.24) is 4.72 Å². The van der Waals surface area contributed by atoms with Gasteiger partial charge in [0.2, 0.25) is 10.0 Å². The third-order valence-electron chi connectivity index (χ3n) is 3.84. The van der Waals surface area contributed by atoms with Gasteiger partial charge >= 0.3 is 6.16 Å². The van der Waals surface area contributed by atoms with Crippen LogP contribution in [0.25, 0.3) is 0 Å². The second-order valence-electron chi connectivity index (χ2n) is 5.49. The number of carbonyl (C=O) groups is 1. The van der Waals surface area contributed by atoms with Crippen LogP contribution in [0.5, 0.6) is 0 Å². The number of hydrogen-bond donors (Lipinski definition) is 3. The van der Waals surface area contributed by atoms with Crippen LogP contribution in [-0.4, -0.2) is 30.8 Å². The Labute approximate surface area is 150 Å². The van der Waals surface area contributed by atoms with E-state index in [0.717, 1.165) is 11.3 Å². The molecule has 0 unspecified atom stereocenters. The molecule has 0 radical (unpaired) electrons.